The van der Waals surface area contributed by atoms with Crippen LogP contribution in [-0.2, 0) is 29.7 Å². The SMILES string of the molecule is Cc1cccc(COC[C@@]23COC[C@@H]2CN(Cc2cnn(C)c2)C3)n1. The molecule has 2 aromatic heterocycles. The molecule has 6 heteroatoms. The fourth-order valence-electron chi connectivity index (χ4n) is 4.12. The summed E-state index contributed by atoms with van der Waals surface area (Å²) in [6.45, 7) is 7.99. The van der Waals surface area contributed by atoms with Gasteiger partial charge in [0.25, 0.3) is 0 Å². The van der Waals surface area contributed by atoms with Crippen LogP contribution >= 0.6 is 0 Å². The number of aryl methyl sites for hydroxylation is 2. The van der Waals surface area contributed by atoms with Crippen molar-refractivity contribution < 1.29 is 9.47 Å². The van der Waals surface area contributed by atoms with E-state index in [1.54, 1.807) is 0 Å². The van der Waals surface area contributed by atoms with Gasteiger partial charge in [0.2, 0.25) is 0 Å². The zero-order chi connectivity index (χ0) is 17.3. The molecule has 134 valence electrons. The number of aromatic nitrogens is 3. The summed E-state index contributed by atoms with van der Waals surface area (Å²) in [5.74, 6) is 0.551. The predicted molar refractivity (Wildman–Crippen MR) is 93.9 cm³/mol. The predicted octanol–water partition coefficient (Wildman–Crippen LogP) is 1.79. The largest absolute Gasteiger partial charge is 0.380 e. The first kappa shape index (κ1) is 16.7. The van der Waals surface area contributed by atoms with Crippen LogP contribution in [0.25, 0.3) is 0 Å². The molecule has 0 unspecified atom stereocenters. The van der Waals surface area contributed by atoms with E-state index >= 15 is 0 Å². The second-order valence-corrected chi connectivity index (χ2v) is 7.53. The van der Waals surface area contributed by atoms with Gasteiger partial charge < -0.3 is 9.47 Å². The summed E-state index contributed by atoms with van der Waals surface area (Å²) in [4.78, 5) is 7.03. The van der Waals surface area contributed by atoms with Crippen LogP contribution in [0.1, 0.15) is 17.0 Å². The highest BCUT2D eigenvalue weighted by Crippen LogP contribution is 2.42. The van der Waals surface area contributed by atoms with Gasteiger partial charge in [-0.2, -0.15) is 5.10 Å². The van der Waals surface area contributed by atoms with Gasteiger partial charge in [-0.25, -0.2) is 0 Å². The molecule has 25 heavy (non-hydrogen) atoms. The van der Waals surface area contributed by atoms with Crippen LogP contribution in [0.15, 0.2) is 30.6 Å². The molecule has 6 nitrogen and oxygen atoms in total. The molecule has 2 aliphatic rings. The minimum absolute atomic E-state index is 0.117. The minimum Gasteiger partial charge on any atom is -0.380 e. The fraction of sp³-hybridized carbons (Fsp3) is 0.579. The minimum atomic E-state index is 0.117. The molecule has 0 aromatic carbocycles. The van der Waals surface area contributed by atoms with Gasteiger partial charge >= 0.3 is 0 Å². The lowest BCUT2D eigenvalue weighted by Gasteiger charge is -2.27. The molecule has 2 saturated heterocycles. The standard InChI is InChI=1S/C19H26N4O2/c1-15-4-3-5-18(21-15)11-25-14-19-12-23(9-17(19)10-24-13-19)8-16-6-20-22(2)7-16/h3-7,17H,8-14H2,1-2H3/t17-,19+/m0/s1. The van der Waals surface area contributed by atoms with Crippen LogP contribution in [0.5, 0.6) is 0 Å². The normalized spacial score (nSPS) is 26.2. The molecule has 4 rings (SSSR count). The lowest BCUT2D eigenvalue weighted by molar-refractivity contribution is 0.0171. The zero-order valence-electron chi connectivity index (χ0n) is 15.0. The van der Waals surface area contributed by atoms with Crippen LogP contribution in [0.2, 0.25) is 0 Å². The number of nitrogens with zero attached hydrogens (tertiary/aromatic N) is 4. The molecule has 2 aliphatic heterocycles. The van der Waals surface area contributed by atoms with Crippen molar-refractivity contribution in [3.8, 4) is 0 Å². The summed E-state index contributed by atoms with van der Waals surface area (Å²) in [5.41, 5.74) is 3.41. The van der Waals surface area contributed by atoms with Gasteiger partial charge in [0.15, 0.2) is 0 Å². The van der Waals surface area contributed by atoms with E-state index in [2.05, 4.69) is 21.2 Å². The van der Waals surface area contributed by atoms with E-state index in [1.807, 2.05) is 43.0 Å². The van der Waals surface area contributed by atoms with Crippen molar-refractivity contribution >= 4 is 0 Å². The molecule has 0 N–H and O–H groups in total. The molecule has 2 fully saturated rings. The maximum atomic E-state index is 6.08. The third kappa shape index (κ3) is 3.61. The van der Waals surface area contributed by atoms with Crippen molar-refractivity contribution in [3.63, 3.8) is 0 Å². The summed E-state index contributed by atoms with van der Waals surface area (Å²) in [7, 11) is 1.96. The van der Waals surface area contributed by atoms with Gasteiger partial charge in [-0.15, -0.1) is 0 Å². The third-order valence-electron chi connectivity index (χ3n) is 5.34. The Morgan fingerprint density at radius 2 is 2.32 bits per heavy atom. The van der Waals surface area contributed by atoms with Crippen LogP contribution in [-0.4, -0.2) is 52.6 Å². The molecule has 0 saturated carbocycles. The Kier molecular flexibility index (Phi) is 4.58. The van der Waals surface area contributed by atoms with Gasteiger partial charge in [0, 0.05) is 55.5 Å². The molecule has 0 aliphatic carbocycles. The zero-order valence-corrected chi connectivity index (χ0v) is 15.0. The van der Waals surface area contributed by atoms with Crippen molar-refractivity contribution in [2.24, 2.45) is 18.4 Å². The highest BCUT2D eigenvalue weighted by Gasteiger charge is 2.50. The van der Waals surface area contributed by atoms with Crippen LogP contribution in [0, 0.1) is 18.3 Å². The highest BCUT2D eigenvalue weighted by molar-refractivity contribution is 5.09. The Bertz CT molecular complexity index is 732. The van der Waals surface area contributed by atoms with E-state index in [4.69, 9.17) is 9.47 Å². The van der Waals surface area contributed by atoms with Crippen molar-refractivity contribution in [2.75, 3.05) is 32.9 Å². The Labute approximate surface area is 148 Å². The number of likely N-dealkylation sites (tertiary alicyclic amines) is 1. The van der Waals surface area contributed by atoms with E-state index in [9.17, 15) is 0 Å². The summed E-state index contributed by atoms with van der Waals surface area (Å²) in [6, 6.07) is 6.07. The molecule has 0 amide bonds. The quantitative estimate of drug-likeness (QED) is 0.801. The molecule has 0 spiro atoms. The monoisotopic (exact) mass is 342 g/mol. The van der Waals surface area contributed by atoms with E-state index in [-0.39, 0.29) is 5.41 Å². The maximum absolute atomic E-state index is 6.08. The first-order valence-corrected chi connectivity index (χ1v) is 8.91. The van der Waals surface area contributed by atoms with Gasteiger partial charge in [-0.1, -0.05) is 6.07 Å². The second kappa shape index (κ2) is 6.86. The Hall–Kier alpha value is -1.76. The van der Waals surface area contributed by atoms with Gasteiger partial charge in [0.05, 0.1) is 38.3 Å². The molecular weight excluding hydrogens is 316 g/mol. The van der Waals surface area contributed by atoms with E-state index in [1.165, 1.54) is 5.56 Å². The highest BCUT2D eigenvalue weighted by atomic mass is 16.5. The first-order valence-electron chi connectivity index (χ1n) is 8.91. The summed E-state index contributed by atoms with van der Waals surface area (Å²) >= 11 is 0. The van der Waals surface area contributed by atoms with Crippen molar-refractivity contribution in [1.82, 2.24) is 19.7 Å². The summed E-state index contributed by atoms with van der Waals surface area (Å²) in [6.07, 6.45) is 4.05. The number of hydrogen-bond acceptors (Lipinski definition) is 5. The third-order valence-corrected chi connectivity index (χ3v) is 5.34. The summed E-state index contributed by atoms with van der Waals surface area (Å²) in [5, 5.41) is 4.27. The Morgan fingerprint density at radius 1 is 1.40 bits per heavy atom. The van der Waals surface area contributed by atoms with Gasteiger partial charge in [-0.3, -0.25) is 14.6 Å². The molecule has 2 aromatic rings. The number of pyridine rings is 1. The van der Waals surface area contributed by atoms with Crippen molar-refractivity contribution in [1.29, 1.82) is 0 Å². The van der Waals surface area contributed by atoms with E-state index < -0.39 is 0 Å². The van der Waals surface area contributed by atoms with Gasteiger partial charge in [0.1, 0.15) is 0 Å². The maximum Gasteiger partial charge on any atom is 0.0888 e. The number of fused-ring (bicyclic) bond motifs is 1. The molecule has 0 radical (unpaired) electrons. The van der Waals surface area contributed by atoms with E-state index in [0.29, 0.717) is 12.5 Å². The molecule has 4 heterocycles. The molecular formula is C19H26N4O2. The number of ether oxygens (including phenoxy) is 2. The fourth-order valence-corrected chi connectivity index (χ4v) is 4.12. The van der Waals surface area contributed by atoms with Crippen LogP contribution in [0.4, 0.5) is 0 Å². The van der Waals surface area contributed by atoms with Crippen LogP contribution in [0.3, 0.4) is 0 Å². The average Bonchev–Trinajstić information content (AvgIpc) is 3.22. The van der Waals surface area contributed by atoms with Crippen molar-refractivity contribution in [3.05, 3.63) is 47.5 Å². The van der Waals surface area contributed by atoms with Crippen molar-refractivity contribution in [2.45, 2.75) is 20.1 Å². The molecule has 0 bridgehead atoms. The Morgan fingerprint density at radius 3 is 3.12 bits per heavy atom. The number of hydrogen-bond donors (Lipinski definition) is 0. The van der Waals surface area contributed by atoms with Crippen LogP contribution < -0.4 is 0 Å². The first-order chi connectivity index (χ1) is 12.1. The topological polar surface area (TPSA) is 52.4 Å². The summed E-state index contributed by atoms with van der Waals surface area (Å²) < 4.78 is 13.7. The second-order valence-electron chi connectivity index (χ2n) is 7.53. The lowest BCUT2D eigenvalue weighted by Crippen LogP contribution is -2.35. The number of rotatable bonds is 6. The lowest BCUT2D eigenvalue weighted by atomic mass is 9.82. The smallest absolute Gasteiger partial charge is 0.0888 e. The van der Waals surface area contributed by atoms with E-state index in [0.717, 1.165) is 50.8 Å². The average molecular weight is 342 g/mol. The Balaban J connectivity index is 1.36. The van der Waals surface area contributed by atoms with Gasteiger partial charge in [-0.05, 0) is 19.1 Å². The molecule has 2 atom stereocenters.